The van der Waals surface area contributed by atoms with E-state index in [2.05, 4.69) is 29.0 Å². The van der Waals surface area contributed by atoms with E-state index in [9.17, 15) is 5.26 Å². The first-order chi connectivity index (χ1) is 9.28. The van der Waals surface area contributed by atoms with Crippen molar-refractivity contribution in [2.75, 3.05) is 38.1 Å². The van der Waals surface area contributed by atoms with Crippen LogP contribution in [0.3, 0.4) is 0 Å². The topological polar surface area (TPSA) is 43.2 Å². The number of nitriles is 1. The Labute approximate surface area is 114 Å². The Hall–Kier alpha value is -1.60. The fourth-order valence-electron chi connectivity index (χ4n) is 2.96. The van der Waals surface area contributed by atoms with Crippen molar-refractivity contribution in [2.45, 2.75) is 25.7 Å². The summed E-state index contributed by atoms with van der Waals surface area (Å²) in [7, 11) is 2.14. The van der Waals surface area contributed by atoms with Crippen molar-refractivity contribution in [2.24, 2.45) is 0 Å². The number of hydrogen-bond acceptors (Lipinski definition) is 4. The molecule has 0 bridgehead atoms. The largest absolute Gasteiger partial charge is 0.353 e. The number of pyridine rings is 1. The lowest BCUT2D eigenvalue weighted by atomic mass is 9.95. The highest BCUT2D eigenvalue weighted by Crippen LogP contribution is 2.26. The van der Waals surface area contributed by atoms with Crippen molar-refractivity contribution in [3.8, 4) is 6.07 Å². The average Bonchev–Trinajstić information content (AvgIpc) is 2.46. The normalized spacial score (nSPS) is 19.9. The fourth-order valence-corrected chi connectivity index (χ4v) is 2.96. The van der Waals surface area contributed by atoms with E-state index >= 15 is 0 Å². The molecule has 4 nitrogen and oxygen atoms in total. The van der Waals surface area contributed by atoms with Crippen molar-refractivity contribution < 1.29 is 0 Å². The Bertz CT molecular complexity index is 510. The maximum absolute atomic E-state index is 9.38. The molecule has 1 fully saturated rings. The maximum atomic E-state index is 9.38. The minimum absolute atomic E-state index is 0.755. The Kier molecular flexibility index (Phi) is 3.39. The molecular formula is C15H20N4. The van der Waals surface area contributed by atoms with Crippen molar-refractivity contribution in [3.63, 3.8) is 0 Å². The lowest BCUT2D eigenvalue weighted by Crippen LogP contribution is -2.45. The predicted octanol–water partition coefficient (Wildman–Crippen LogP) is 1.58. The standard InChI is InChI=1S/C15H20N4/c1-18-6-8-19(9-7-18)15-13(11-16)10-12-4-2-3-5-14(12)17-15/h10H,2-9H2,1H3. The van der Waals surface area contributed by atoms with Gasteiger partial charge in [-0.05, 0) is 44.4 Å². The number of rotatable bonds is 1. The average molecular weight is 256 g/mol. The van der Waals surface area contributed by atoms with Gasteiger partial charge >= 0.3 is 0 Å². The van der Waals surface area contributed by atoms with Crippen molar-refractivity contribution in [1.82, 2.24) is 9.88 Å². The molecule has 1 aromatic heterocycles. The van der Waals surface area contributed by atoms with Crippen molar-refractivity contribution >= 4 is 5.82 Å². The zero-order chi connectivity index (χ0) is 13.2. The van der Waals surface area contributed by atoms with Crippen molar-refractivity contribution in [3.05, 3.63) is 22.9 Å². The van der Waals surface area contributed by atoms with E-state index in [0.29, 0.717) is 0 Å². The molecule has 1 aliphatic carbocycles. The lowest BCUT2D eigenvalue weighted by molar-refractivity contribution is 0.312. The zero-order valence-electron chi connectivity index (χ0n) is 11.5. The quantitative estimate of drug-likeness (QED) is 0.765. The Morgan fingerprint density at radius 2 is 1.89 bits per heavy atom. The molecule has 0 spiro atoms. The van der Waals surface area contributed by atoms with Crippen molar-refractivity contribution in [1.29, 1.82) is 5.26 Å². The van der Waals surface area contributed by atoms with E-state index in [1.807, 2.05) is 0 Å². The Balaban J connectivity index is 1.93. The van der Waals surface area contributed by atoms with Gasteiger partial charge in [0.05, 0.1) is 5.56 Å². The number of anilines is 1. The molecule has 0 saturated carbocycles. The first-order valence-electron chi connectivity index (χ1n) is 7.14. The van der Waals surface area contributed by atoms with Crippen LogP contribution in [0.15, 0.2) is 6.07 Å². The summed E-state index contributed by atoms with van der Waals surface area (Å²) in [6.07, 6.45) is 4.61. The highest BCUT2D eigenvalue weighted by atomic mass is 15.3. The van der Waals surface area contributed by atoms with Crippen LogP contribution in [0.1, 0.15) is 29.7 Å². The molecule has 0 unspecified atom stereocenters. The first kappa shape index (κ1) is 12.4. The van der Waals surface area contributed by atoms with Gasteiger partial charge in [-0.1, -0.05) is 0 Å². The first-order valence-corrected chi connectivity index (χ1v) is 7.14. The molecule has 100 valence electrons. The maximum Gasteiger partial charge on any atom is 0.146 e. The molecule has 0 amide bonds. The number of aryl methyl sites for hydroxylation is 2. The summed E-state index contributed by atoms with van der Waals surface area (Å²) in [6, 6.07) is 4.41. The van der Waals surface area contributed by atoms with E-state index < -0.39 is 0 Å². The van der Waals surface area contributed by atoms with E-state index in [-0.39, 0.29) is 0 Å². The second-order valence-electron chi connectivity index (χ2n) is 5.57. The number of hydrogen-bond donors (Lipinski definition) is 0. The lowest BCUT2D eigenvalue weighted by Gasteiger charge is -2.34. The monoisotopic (exact) mass is 256 g/mol. The summed E-state index contributed by atoms with van der Waals surface area (Å²) in [5.74, 6) is 0.913. The third kappa shape index (κ3) is 2.43. The highest BCUT2D eigenvalue weighted by molar-refractivity contribution is 5.56. The van der Waals surface area contributed by atoms with Crippen LogP contribution in [-0.4, -0.2) is 43.1 Å². The second-order valence-corrected chi connectivity index (χ2v) is 5.57. The summed E-state index contributed by atoms with van der Waals surface area (Å²) >= 11 is 0. The van der Waals surface area contributed by atoms with Crippen LogP contribution in [0.5, 0.6) is 0 Å². The molecule has 0 N–H and O–H groups in total. The second kappa shape index (κ2) is 5.18. The molecule has 4 heteroatoms. The van der Waals surface area contributed by atoms with Crippen LogP contribution in [0.2, 0.25) is 0 Å². The minimum Gasteiger partial charge on any atom is -0.353 e. The zero-order valence-corrected chi connectivity index (χ0v) is 11.5. The molecule has 3 rings (SSSR count). The highest BCUT2D eigenvalue weighted by Gasteiger charge is 2.21. The number of fused-ring (bicyclic) bond motifs is 1. The smallest absolute Gasteiger partial charge is 0.146 e. The van der Waals surface area contributed by atoms with E-state index in [1.165, 1.54) is 24.1 Å². The predicted molar refractivity (Wildman–Crippen MR) is 75.3 cm³/mol. The van der Waals surface area contributed by atoms with Gasteiger partial charge in [0.25, 0.3) is 0 Å². The number of nitrogens with zero attached hydrogens (tertiary/aromatic N) is 4. The molecule has 2 aliphatic rings. The van der Waals surface area contributed by atoms with Crippen LogP contribution in [-0.2, 0) is 12.8 Å². The number of aromatic nitrogens is 1. The summed E-state index contributed by atoms with van der Waals surface area (Å²) < 4.78 is 0. The molecule has 0 aromatic carbocycles. The summed E-state index contributed by atoms with van der Waals surface area (Å²) in [4.78, 5) is 9.41. The molecule has 2 heterocycles. The molecular weight excluding hydrogens is 236 g/mol. The summed E-state index contributed by atoms with van der Waals surface area (Å²) in [5, 5.41) is 9.38. The SMILES string of the molecule is CN1CCN(c2nc3c(cc2C#N)CCCC3)CC1. The molecule has 1 saturated heterocycles. The summed E-state index contributed by atoms with van der Waals surface area (Å²) in [5.41, 5.74) is 3.27. The van der Waals surface area contributed by atoms with Gasteiger partial charge in [0.1, 0.15) is 11.9 Å². The molecule has 1 aromatic rings. The Morgan fingerprint density at radius 1 is 1.16 bits per heavy atom. The third-order valence-corrected chi connectivity index (χ3v) is 4.20. The van der Waals surface area contributed by atoms with Gasteiger partial charge < -0.3 is 9.80 Å². The van der Waals surface area contributed by atoms with Gasteiger partial charge in [-0.25, -0.2) is 4.98 Å². The van der Waals surface area contributed by atoms with Gasteiger partial charge in [-0.2, -0.15) is 5.26 Å². The number of likely N-dealkylation sites (N-methyl/N-ethyl adjacent to an activating group) is 1. The van der Waals surface area contributed by atoms with E-state index in [4.69, 9.17) is 4.98 Å². The molecule has 1 aliphatic heterocycles. The van der Waals surface area contributed by atoms with Gasteiger partial charge in [0.15, 0.2) is 0 Å². The van der Waals surface area contributed by atoms with Gasteiger partial charge in [-0.15, -0.1) is 0 Å². The molecule has 19 heavy (non-hydrogen) atoms. The van der Waals surface area contributed by atoms with Gasteiger partial charge in [0.2, 0.25) is 0 Å². The molecule has 0 radical (unpaired) electrons. The fraction of sp³-hybridized carbons (Fsp3) is 0.600. The minimum atomic E-state index is 0.755. The number of piperazine rings is 1. The van der Waals surface area contributed by atoms with E-state index in [1.54, 1.807) is 0 Å². The van der Waals surface area contributed by atoms with Crippen LogP contribution in [0, 0.1) is 11.3 Å². The van der Waals surface area contributed by atoms with Crippen LogP contribution in [0.4, 0.5) is 5.82 Å². The molecule has 0 atom stereocenters. The van der Waals surface area contributed by atoms with Crippen LogP contribution in [0.25, 0.3) is 0 Å². The Morgan fingerprint density at radius 3 is 2.63 bits per heavy atom. The van der Waals surface area contributed by atoms with Gasteiger partial charge in [0, 0.05) is 31.9 Å². The van der Waals surface area contributed by atoms with Gasteiger partial charge in [-0.3, -0.25) is 0 Å². The summed E-state index contributed by atoms with van der Waals surface area (Å²) in [6.45, 7) is 4.03. The third-order valence-electron chi connectivity index (χ3n) is 4.20. The van der Waals surface area contributed by atoms with Crippen LogP contribution >= 0.6 is 0 Å². The van der Waals surface area contributed by atoms with Crippen LogP contribution < -0.4 is 4.90 Å². The van der Waals surface area contributed by atoms with E-state index in [0.717, 1.165) is 50.4 Å².